The number of para-hydroxylation sites is 3. The molecule has 380 valence electrons. The molecule has 1 aliphatic carbocycles. The fraction of sp³-hybridized carbons (Fsp3) is 0.0127. The summed E-state index contributed by atoms with van der Waals surface area (Å²) in [7, 11) is 0. The number of rotatable bonds is 11. The van der Waals surface area contributed by atoms with Crippen LogP contribution in [0.1, 0.15) is 22.3 Å². The molecule has 1 aliphatic rings. The van der Waals surface area contributed by atoms with Crippen LogP contribution in [0.3, 0.4) is 0 Å². The molecule has 1 heterocycles. The molecule has 15 rings (SSSR count). The zero-order chi connectivity index (χ0) is 53.7. The number of anilines is 3. The molecule has 2 heteroatoms. The minimum atomic E-state index is -0.733. The Balaban J connectivity index is 0.960. The Morgan fingerprint density at radius 2 is 0.642 bits per heavy atom. The molecule has 0 aliphatic heterocycles. The molecule has 14 aromatic rings. The van der Waals surface area contributed by atoms with E-state index in [1.165, 1.54) is 77.9 Å². The van der Waals surface area contributed by atoms with Crippen LogP contribution in [0.15, 0.2) is 326 Å². The Morgan fingerprint density at radius 1 is 0.247 bits per heavy atom. The molecule has 0 amide bonds. The molecule has 2 nitrogen and oxygen atoms in total. The fourth-order valence-corrected chi connectivity index (χ4v) is 12.7. The normalized spacial score (nSPS) is 12.3. The number of benzene rings is 13. The van der Waals surface area contributed by atoms with Crippen LogP contribution in [0.4, 0.5) is 17.1 Å². The van der Waals surface area contributed by atoms with E-state index < -0.39 is 5.41 Å². The van der Waals surface area contributed by atoms with Gasteiger partial charge < -0.3 is 9.32 Å². The SMILES string of the molecule is c1ccc(-c2ccc(-c3ccccc3N(c3ccc(-c4cccc5c4oc4ccccc45)cc3)c3ccc4c(c3)C(c3ccc(-c5ccccc5)cc3)(c3ccc(-c5ccccc5)cc3)c3cc(-c5ccccc5)ccc3-4)cc2)cc1. The zero-order valence-corrected chi connectivity index (χ0v) is 44.5. The van der Waals surface area contributed by atoms with E-state index in [4.69, 9.17) is 4.42 Å². The van der Waals surface area contributed by atoms with Crippen LogP contribution in [0.5, 0.6) is 0 Å². The van der Waals surface area contributed by atoms with Gasteiger partial charge in [0, 0.05) is 33.3 Å². The molecule has 1 aromatic heterocycles. The van der Waals surface area contributed by atoms with Crippen molar-refractivity contribution in [2.24, 2.45) is 0 Å². The minimum Gasteiger partial charge on any atom is -0.455 e. The molecule has 0 N–H and O–H groups in total. The molecule has 0 saturated heterocycles. The lowest BCUT2D eigenvalue weighted by molar-refractivity contribution is 0.670. The monoisotopic (exact) mass is 1030 g/mol. The van der Waals surface area contributed by atoms with Crippen LogP contribution in [-0.2, 0) is 5.41 Å². The van der Waals surface area contributed by atoms with Crippen molar-refractivity contribution in [3.63, 3.8) is 0 Å². The van der Waals surface area contributed by atoms with Crippen LogP contribution in [-0.4, -0.2) is 0 Å². The molecule has 0 radical (unpaired) electrons. The molecular weight excluding hydrogens is 979 g/mol. The zero-order valence-electron chi connectivity index (χ0n) is 44.5. The number of hydrogen-bond acceptors (Lipinski definition) is 2. The van der Waals surface area contributed by atoms with E-state index >= 15 is 0 Å². The van der Waals surface area contributed by atoms with Crippen molar-refractivity contribution >= 4 is 39.0 Å². The van der Waals surface area contributed by atoms with Crippen molar-refractivity contribution in [3.05, 3.63) is 344 Å². The number of furan rings is 1. The first-order valence-corrected chi connectivity index (χ1v) is 27.9. The van der Waals surface area contributed by atoms with Crippen molar-refractivity contribution in [3.8, 4) is 77.9 Å². The largest absolute Gasteiger partial charge is 0.455 e. The fourth-order valence-electron chi connectivity index (χ4n) is 12.7. The van der Waals surface area contributed by atoms with Gasteiger partial charge in [0.15, 0.2) is 0 Å². The van der Waals surface area contributed by atoms with Crippen molar-refractivity contribution in [1.29, 1.82) is 0 Å². The van der Waals surface area contributed by atoms with Gasteiger partial charge >= 0.3 is 0 Å². The maximum Gasteiger partial charge on any atom is 0.143 e. The van der Waals surface area contributed by atoms with E-state index in [9.17, 15) is 0 Å². The summed E-state index contributed by atoms with van der Waals surface area (Å²) in [6.45, 7) is 0. The van der Waals surface area contributed by atoms with Crippen LogP contribution in [0.25, 0.3) is 99.8 Å². The quantitative estimate of drug-likeness (QED) is 0.128. The second kappa shape index (κ2) is 20.0. The first-order valence-electron chi connectivity index (χ1n) is 27.9. The molecule has 13 aromatic carbocycles. The summed E-state index contributed by atoms with van der Waals surface area (Å²) in [5.74, 6) is 0. The van der Waals surface area contributed by atoms with Crippen LogP contribution in [0.2, 0.25) is 0 Å². The third-order valence-corrected chi connectivity index (χ3v) is 16.6. The maximum atomic E-state index is 6.60. The predicted octanol–water partition coefficient (Wildman–Crippen LogP) is 21.4. The summed E-state index contributed by atoms with van der Waals surface area (Å²) in [6, 6.07) is 118. The average Bonchev–Trinajstić information content (AvgIpc) is 3.93. The summed E-state index contributed by atoms with van der Waals surface area (Å²) >= 11 is 0. The van der Waals surface area contributed by atoms with Gasteiger partial charge in [0.05, 0.1) is 11.1 Å². The lowest BCUT2D eigenvalue weighted by atomic mass is 9.67. The standard InChI is InChI=1S/C79H53NO/c1-5-18-54(19-6-1)58-32-34-61(35-33-58)68-26-13-15-30-76(68)80(66-47-40-62(41-48-66)69-28-17-29-73-72-27-14-16-31-77(72)81-78(69)73)67-49-51-71-70-50-42-63(57-24-11-4-12-25-57)52-74(70)79(75(71)53-67,64-43-36-59(37-44-64)55-20-7-2-8-21-55)65-45-38-60(39-46-65)56-22-9-3-10-23-56/h1-53H. The average molecular weight is 1030 g/mol. The Labute approximate surface area is 472 Å². The molecule has 0 atom stereocenters. The Morgan fingerprint density at radius 3 is 1.23 bits per heavy atom. The van der Waals surface area contributed by atoms with E-state index in [2.05, 4.69) is 320 Å². The van der Waals surface area contributed by atoms with Crippen LogP contribution in [0, 0.1) is 0 Å². The van der Waals surface area contributed by atoms with Gasteiger partial charge in [-0.3, -0.25) is 0 Å². The first kappa shape index (κ1) is 47.7. The molecule has 0 fully saturated rings. The minimum absolute atomic E-state index is 0.733. The van der Waals surface area contributed by atoms with Crippen LogP contribution >= 0.6 is 0 Å². The second-order valence-electron chi connectivity index (χ2n) is 21.1. The van der Waals surface area contributed by atoms with Crippen LogP contribution < -0.4 is 4.90 Å². The van der Waals surface area contributed by atoms with Crippen molar-refractivity contribution in [2.75, 3.05) is 4.90 Å². The smallest absolute Gasteiger partial charge is 0.143 e. The highest BCUT2D eigenvalue weighted by Crippen LogP contribution is 2.59. The van der Waals surface area contributed by atoms with Gasteiger partial charge in [-0.15, -0.1) is 0 Å². The summed E-state index contributed by atoms with van der Waals surface area (Å²) in [5, 5.41) is 2.24. The second-order valence-corrected chi connectivity index (χ2v) is 21.1. The molecular formula is C79H53NO. The third-order valence-electron chi connectivity index (χ3n) is 16.6. The van der Waals surface area contributed by atoms with Gasteiger partial charge in [0.1, 0.15) is 11.2 Å². The Bertz CT molecular complexity index is 4480. The Hall–Kier alpha value is -10.5. The van der Waals surface area contributed by atoms with E-state index in [0.717, 1.165) is 61.3 Å². The van der Waals surface area contributed by atoms with Gasteiger partial charge in [0.25, 0.3) is 0 Å². The third kappa shape index (κ3) is 8.27. The maximum absolute atomic E-state index is 6.60. The summed E-state index contributed by atoms with van der Waals surface area (Å²) in [6.07, 6.45) is 0. The lowest BCUT2D eigenvalue weighted by Crippen LogP contribution is -2.29. The van der Waals surface area contributed by atoms with Gasteiger partial charge in [-0.25, -0.2) is 0 Å². The van der Waals surface area contributed by atoms with Gasteiger partial charge in [-0.05, 0) is 131 Å². The molecule has 0 spiro atoms. The van der Waals surface area contributed by atoms with Gasteiger partial charge in [0.2, 0.25) is 0 Å². The molecule has 0 bridgehead atoms. The summed E-state index contributed by atoms with van der Waals surface area (Å²) in [5.41, 5.74) is 25.4. The highest BCUT2D eigenvalue weighted by molar-refractivity contribution is 6.09. The number of fused-ring (bicyclic) bond motifs is 6. The highest BCUT2D eigenvalue weighted by Gasteiger charge is 2.47. The molecule has 0 saturated carbocycles. The van der Waals surface area contributed by atoms with Gasteiger partial charge in [-0.2, -0.15) is 0 Å². The summed E-state index contributed by atoms with van der Waals surface area (Å²) < 4.78 is 6.60. The summed E-state index contributed by atoms with van der Waals surface area (Å²) in [4.78, 5) is 2.46. The molecule has 0 unspecified atom stereocenters. The predicted molar refractivity (Wildman–Crippen MR) is 338 cm³/mol. The number of hydrogen-bond donors (Lipinski definition) is 0. The van der Waals surface area contributed by atoms with E-state index in [-0.39, 0.29) is 0 Å². The van der Waals surface area contributed by atoms with Crippen molar-refractivity contribution in [2.45, 2.75) is 5.41 Å². The number of nitrogens with zero attached hydrogens (tertiary/aromatic N) is 1. The molecule has 81 heavy (non-hydrogen) atoms. The van der Waals surface area contributed by atoms with E-state index in [1.54, 1.807) is 0 Å². The van der Waals surface area contributed by atoms with E-state index in [1.807, 2.05) is 6.07 Å². The van der Waals surface area contributed by atoms with Gasteiger partial charge in [-0.1, -0.05) is 279 Å². The topological polar surface area (TPSA) is 16.4 Å². The van der Waals surface area contributed by atoms with Crippen molar-refractivity contribution < 1.29 is 4.42 Å². The van der Waals surface area contributed by atoms with E-state index in [0.29, 0.717) is 0 Å². The Kier molecular flexibility index (Phi) is 11.8. The first-order chi connectivity index (χ1) is 40.2. The van der Waals surface area contributed by atoms with Crippen molar-refractivity contribution in [1.82, 2.24) is 0 Å². The lowest BCUT2D eigenvalue weighted by Gasteiger charge is -2.35. The highest BCUT2D eigenvalue weighted by atomic mass is 16.3.